The molecule has 2 aromatic rings. The number of benzene rings is 1. The van der Waals surface area contributed by atoms with Gasteiger partial charge in [-0.1, -0.05) is 12.1 Å². The predicted octanol–water partition coefficient (Wildman–Crippen LogP) is 3.79. The van der Waals surface area contributed by atoms with Crippen LogP contribution < -0.4 is 4.74 Å². The van der Waals surface area contributed by atoms with Gasteiger partial charge in [-0.2, -0.15) is 0 Å². The van der Waals surface area contributed by atoms with Crippen molar-refractivity contribution < 1.29 is 9.53 Å². The molecule has 0 saturated carbocycles. The zero-order chi connectivity index (χ0) is 13.3. The molecule has 0 aliphatic heterocycles. The van der Waals surface area contributed by atoms with Crippen LogP contribution in [0.15, 0.2) is 30.5 Å². The van der Waals surface area contributed by atoms with Crippen LogP contribution in [0.3, 0.4) is 0 Å². The van der Waals surface area contributed by atoms with E-state index < -0.39 is 5.41 Å². The topological polar surface area (TPSA) is 39.2 Å². The Morgan fingerprint density at radius 1 is 1.28 bits per heavy atom. The fourth-order valence-corrected chi connectivity index (χ4v) is 1.98. The third kappa shape index (κ3) is 2.63. The van der Waals surface area contributed by atoms with Crippen LogP contribution >= 0.6 is 22.6 Å². The maximum atomic E-state index is 12.0. The number of carbonyl (C=O) groups is 1. The lowest BCUT2D eigenvalue weighted by Crippen LogP contribution is -2.26. The fraction of sp³-hybridized carbons (Fsp3) is 0.286. The zero-order valence-corrected chi connectivity index (χ0v) is 12.7. The minimum atomic E-state index is -0.528. The number of halogens is 1. The molecule has 18 heavy (non-hydrogen) atoms. The van der Waals surface area contributed by atoms with Crippen LogP contribution in [0.4, 0.5) is 0 Å². The summed E-state index contributed by atoms with van der Waals surface area (Å²) < 4.78 is 6.40. The average molecular weight is 355 g/mol. The summed E-state index contributed by atoms with van der Waals surface area (Å²) in [6.45, 7) is 5.50. The van der Waals surface area contributed by atoms with Crippen molar-refractivity contribution in [3.63, 3.8) is 0 Å². The first-order valence-electron chi connectivity index (χ1n) is 5.65. The molecule has 1 aromatic heterocycles. The molecule has 0 spiro atoms. The van der Waals surface area contributed by atoms with Gasteiger partial charge in [0.05, 0.1) is 8.99 Å². The third-order valence-electron chi connectivity index (χ3n) is 2.49. The second-order valence-electron chi connectivity index (χ2n) is 5.09. The van der Waals surface area contributed by atoms with E-state index in [1.54, 1.807) is 6.20 Å². The monoisotopic (exact) mass is 355 g/mol. The number of fused-ring (bicyclic) bond motifs is 1. The van der Waals surface area contributed by atoms with Crippen molar-refractivity contribution in [1.29, 1.82) is 0 Å². The molecule has 1 heterocycles. The van der Waals surface area contributed by atoms with Crippen LogP contribution in [0.2, 0.25) is 0 Å². The SMILES string of the molecule is CC(C)(C)C(=O)Oc1c(I)ccc2cccnc12. The molecule has 0 bridgehead atoms. The van der Waals surface area contributed by atoms with E-state index in [1.165, 1.54) is 0 Å². The van der Waals surface area contributed by atoms with Gasteiger partial charge in [0, 0.05) is 11.6 Å². The van der Waals surface area contributed by atoms with Gasteiger partial charge in [-0.15, -0.1) is 0 Å². The van der Waals surface area contributed by atoms with Gasteiger partial charge in [-0.3, -0.25) is 9.78 Å². The number of hydrogen-bond acceptors (Lipinski definition) is 3. The molecule has 0 radical (unpaired) electrons. The average Bonchev–Trinajstić information content (AvgIpc) is 2.31. The number of rotatable bonds is 1. The van der Waals surface area contributed by atoms with Crippen LogP contribution in [0, 0.1) is 8.99 Å². The summed E-state index contributed by atoms with van der Waals surface area (Å²) in [6.07, 6.45) is 1.70. The highest BCUT2D eigenvalue weighted by Crippen LogP contribution is 2.31. The first-order chi connectivity index (χ1) is 8.39. The minimum absolute atomic E-state index is 0.251. The van der Waals surface area contributed by atoms with Gasteiger partial charge < -0.3 is 4.74 Å². The smallest absolute Gasteiger partial charge is 0.316 e. The van der Waals surface area contributed by atoms with E-state index in [0.717, 1.165) is 14.5 Å². The van der Waals surface area contributed by atoms with E-state index in [2.05, 4.69) is 27.6 Å². The fourth-order valence-electron chi connectivity index (χ4n) is 1.44. The molecule has 1 aromatic carbocycles. The van der Waals surface area contributed by atoms with Crippen molar-refractivity contribution in [1.82, 2.24) is 4.98 Å². The van der Waals surface area contributed by atoms with Crippen LogP contribution in [-0.4, -0.2) is 11.0 Å². The lowest BCUT2D eigenvalue weighted by molar-refractivity contribution is -0.142. The number of hydrogen-bond donors (Lipinski definition) is 0. The van der Waals surface area contributed by atoms with Crippen molar-refractivity contribution in [3.05, 3.63) is 34.0 Å². The van der Waals surface area contributed by atoms with Gasteiger partial charge in [0.25, 0.3) is 0 Å². The highest BCUT2D eigenvalue weighted by atomic mass is 127. The Morgan fingerprint density at radius 3 is 2.67 bits per heavy atom. The van der Waals surface area contributed by atoms with Crippen molar-refractivity contribution in [2.75, 3.05) is 0 Å². The van der Waals surface area contributed by atoms with Gasteiger partial charge in [0.2, 0.25) is 0 Å². The van der Waals surface area contributed by atoms with Gasteiger partial charge >= 0.3 is 5.97 Å². The molecule has 4 heteroatoms. The summed E-state index contributed by atoms with van der Waals surface area (Å²) in [5, 5.41) is 0.967. The van der Waals surface area contributed by atoms with E-state index in [4.69, 9.17) is 4.74 Å². The summed E-state index contributed by atoms with van der Waals surface area (Å²) in [5.74, 6) is 0.298. The Morgan fingerprint density at radius 2 is 2.00 bits per heavy atom. The minimum Gasteiger partial charge on any atom is -0.423 e. The molecule has 0 saturated heterocycles. The molecule has 0 N–H and O–H groups in total. The van der Waals surface area contributed by atoms with E-state index in [1.807, 2.05) is 45.0 Å². The Kier molecular flexibility index (Phi) is 3.56. The van der Waals surface area contributed by atoms with Crippen LogP contribution in [0.25, 0.3) is 10.9 Å². The summed E-state index contributed by atoms with van der Waals surface area (Å²) in [6, 6.07) is 7.71. The molecule has 3 nitrogen and oxygen atoms in total. The second kappa shape index (κ2) is 4.84. The molecule has 0 fully saturated rings. The number of ether oxygens (including phenoxy) is 1. The number of carbonyl (C=O) groups excluding carboxylic acids is 1. The van der Waals surface area contributed by atoms with Crippen molar-refractivity contribution >= 4 is 39.5 Å². The van der Waals surface area contributed by atoms with Gasteiger partial charge in [0.15, 0.2) is 5.75 Å². The third-order valence-corrected chi connectivity index (χ3v) is 3.34. The molecular weight excluding hydrogens is 341 g/mol. The van der Waals surface area contributed by atoms with Crippen LogP contribution in [0.5, 0.6) is 5.75 Å². The highest BCUT2D eigenvalue weighted by molar-refractivity contribution is 14.1. The van der Waals surface area contributed by atoms with Crippen LogP contribution in [-0.2, 0) is 4.79 Å². The summed E-state index contributed by atoms with van der Waals surface area (Å²) in [7, 11) is 0. The van der Waals surface area contributed by atoms with E-state index >= 15 is 0 Å². The number of esters is 1. The van der Waals surface area contributed by atoms with Crippen LogP contribution in [0.1, 0.15) is 20.8 Å². The van der Waals surface area contributed by atoms with E-state index in [-0.39, 0.29) is 5.97 Å². The van der Waals surface area contributed by atoms with Gasteiger partial charge in [-0.05, 0) is 55.5 Å². The summed E-state index contributed by atoms with van der Waals surface area (Å²) in [5.41, 5.74) is 0.196. The predicted molar refractivity (Wildman–Crippen MR) is 79.6 cm³/mol. The Balaban J connectivity index is 2.50. The first kappa shape index (κ1) is 13.3. The first-order valence-corrected chi connectivity index (χ1v) is 6.73. The zero-order valence-electron chi connectivity index (χ0n) is 10.5. The Labute approximate surface area is 120 Å². The molecule has 0 aliphatic carbocycles. The molecule has 0 unspecified atom stereocenters. The maximum absolute atomic E-state index is 12.0. The van der Waals surface area contributed by atoms with Gasteiger partial charge in [0.1, 0.15) is 5.52 Å². The molecule has 94 valence electrons. The Hall–Kier alpha value is -1.17. The number of pyridine rings is 1. The van der Waals surface area contributed by atoms with Crippen molar-refractivity contribution in [2.45, 2.75) is 20.8 Å². The van der Waals surface area contributed by atoms with Crippen molar-refractivity contribution in [2.24, 2.45) is 5.41 Å². The summed E-state index contributed by atoms with van der Waals surface area (Å²) >= 11 is 2.15. The standard InChI is InChI=1S/C14H14INO2/c1-14(2,3)13(17)18-12-10(15)7-6-9-5-4-8-16-11(9)12/h4-8H,1-3H3. The molecule has 0 amide bonds. The molecule has 2 rings (SSSR count). The maximum Gasteiger partial charge on any atom is 0.316 e. The van der Waals surface area contributed by atoms with E-state index in [0.29, 0.717) is 5.75 Å². The normalized spacial score (nSPS) is 11.6. The van der Waals surface area contributed by atoms with E-state index in [9.17, 15) is 4.79 Å². The lowest BCUT2D eigenvalue weighted by Gasteiger charge is -2.17. The molecular formula is C14H14INO2. The Bertz CT molecular complexity index is 602. The number of aromatic nitrogens is 1. The van der Waals surface area contributed by atoms with Gasteiger partial charge in [-0.25, -0.2) is 0 Å². The lowest BCUT2D eigenvalue weighted by atomic mass is 9.97. The summed E-state index contributed by atoms with van der Waals surface area (Å²) in [4.78, 5) is 16.3. The largest absolute Gasteiger partial charge is 0.423 e. The van der Waals surface area contributed by atoms with Crippen molar-refractivity contribution in [3.8, 4) is 5.75 Å². The highest BCUT2D eigenvalue weighted by Gasteiger charge is 2.25. The number of nitrogens with zero attached hydrogens (tertiary/aromatic N) is 1. The molecule has 0 aliphatic rings. The molecule has 0 atom stereocenters. The quantitative estimate of drug-likeness (QED) is 0.444. The second-order valence-corrected chi connectivity index (χ2v) is 6.25.